The Bertz CT molecular complexity index is 764. The summed E-state index contributed by atoms with van der Waals surface area (Å²) in [6, 6.07) is 9.41. The second-order valence-electron chi connectivity index (χ2n) is 4.89. The van der Waals surface area contributed by atoms with Gasteiger partial charge in [-0.05, 0) is 42.0 Å². The SMILES string of the molecule is COc1ccc(C(=O)C=Cc2cccc(C(F)(F)F)c2)cc1OC. The quantitative estimate of drug-likeness (QED) is 0.590. The van der Waals surface area contributed by atoms with Crippen LogP contribution >= 0.6 is 0 Å². The molecule has 6 heteroatoms. The van der Waals surface area contributed by atoms with Gasteiger partial charge in [-0.3, -0.25) is 4.79 Å². The maximum absolute atomic E-state index is 12.7. The average Bonchev–Trinajstić information content (AvgIpc) is 2.58. The molecule has 126 valence electrons. The normalized spacial score (nSPS) is 11.5. The van der Waals surface area contributed by atoms with E-state index in [9.17, 15) is 18.0 Å². The van der Waals surface area contributed by atoms with Crippen molar-refractivity contribution in [3.63, 3.8) is 0 Å². The Morgan fingerprint density at radius 3 is 2.33 bits per heavy atom. The highest BCUT2D eigenvalue weighted by Gasteiger charge is 2.30. The van der Waals surface area contributed by atoms with E-state index in [0.29, 0.717) is 22.6 Å². The average molecular weight is 336 g/mol. The predicted molar refractivity (Wildman–Crippen MR) is 84.4 cm³/mol. The van der Waals surface area contributed by atoms with E-state index in [-0.39, 0.29) is 5.78 Å². The fourth-order valence-corrected chi connectivity index (χ4v) is 2.08. The van der Waals surface area contributed by atoms with Gasteiger partial charge in [-0.2, -0.15) is 13.2 Å². The number of ketones is 1. The number of hydrogen-bond acceptors (Lipinski definition) is 3. The van der Waals surface area contributed by atoms with Crippen LogP contribution in [0.1, 0.15) is 21.5 Å². The van der Waals surface area contributed by atoms with Crippen molar-refractivity contribution in [1.82, 2.24) is 0 Å². The fourth-order valence-electron chi connectivity index (χ4n) is 2.08. The molecule has 0 amide bonds. The van der Waals surface area contributed by atoms with Crippen molar-refractivity contribution in [1.29, 1.82) is 0 Å². The third kappa shape index (κ3) is 4.16. The summed E-state index contributed by atoms with van der Waals surface area (Å²) in [7, 11) is 2.93. The van der Waals surface area contributed by atoms with Crippen molar-refractivity contribution >= 4 is 11.9 Å². The van der Waals surface area contributed by atoms with Crippen molar-refractivity contribution in [2.24, 2.45) is 0 Å². The summed E-state index contributed by atoms with van der Waals surface area (Å²) in [5.74, 6) is 0.528. The maximum Gasteiger partial charge on any atom is 0.416 e. The maximum atomic E-state index is 12.7. The molecule has 2 aromatic carbocycles. The molecule has 2 aromatic rings. The van der Waals surface area contributed by atoms with Gasteiger partial charge in [-0.25, -0.2) is 0 Å². The van der Waals surface area contributed by atoms with Crippen LogP contribution in [-0.2, 0) is 6.18 Å². The van der Waals surface area contributed by atoms with Crippen LogP contribution in [0.5, 0.6) is 11.5 Å². The van der Waals surface area contributed by atoms with Gasteiger partial charge in [0, 0.05) is 5.56 Å². The molecule has 0 aliphatic heterocycles. The third-order valence-electron chi connectivity index (χ3n) is 3.31. The number of allylic oxidation sites excluding steroid dienone is 1. The highest BCUT2D eigenvalue weighted by Crippen LogP contribution is 2.30. The first-order valence-electron chi connectivity index (χ1n) is 6.97. The summed E-state index contributed by atoms with van der Waals surface area (Å²) in [6.45, 7) is 0. The lowest BCUT2D eigenvalue weighted by Crippen LogP contribution is -2.04. The molecule has 0 aromatic heterocycles. The third-order valence-corrected chi connectivity index (χ3v) is 3.31. The Morgan fingerprint density at radius 2 is 1.71 bits per heavy atom. The molecular formula is C18H15F3O3. The number of carbonyl (C=O) groups is 1. The number of ether oxygens (including phenoxy) is 2. The molecule has 0 aliphatic carbocycles. The summed E-state index contributed by atoms with van der Waals surface area (Å²) >= 11 is 0. The van der Waals surface area contributed by atoms with Crippen molar-refractivity contribution in [3.05, 3.63) is 65.2 Å². The van der Waals surface area contributed by atoms with Gasteiger partial charge in [0.25, 0.3) is 0 Å². The summed E-state index contributed by atoms with van der Waals surface area (Å²) in [5.41, 5.74) is -0.127. The Kier molecular flexibility index (Phi) is 5.28. The molecule has 24 heavy (non-hydrogen) atoms. The Hall–Kier alpha value is -2.76. The van der Waals surface area contributed by atoms with Crippen LogP contribution in [0.3, 0.4) is 0 Å². The molecule has 0 saturated carbocycles. The number of halogens is 3. The largest absolute Gasteiger partial charge is 0.493 e. The zero-order valence-corrected chi connectivity index (χ0v) is 13.1. The predicted octanol–water partition coefficient (Wildman–Crippen LogP) is 4.62. The van der Waals surface area contributed by atoms with Crippen molar-refractivity contribution in [2.45, 2.75) is 6.18 Å². The molecule has 0 atom stereocenters. The molecule has 0 spiro atoms. The van der Waals surface area contributed by atoms with Crippen molar-refractivity contribution in [3.8, 4) is 11.5 Å². The van der Waals surface area contributed by atoms with Crippen LogP contribution in [0.2, 0.25) is 0 Å². The van der Waals surface area contributed by atoms with E-state index in [1.54, 1.807) is 12.1 Å². The highest BCUT2D eigenvalue weighted by atomic mass is 19.4. The van der Waals surface area contributed by atoms with E-state index in [2.05, 4.69) is 0 Å². The van der Waals surface area contributed by atoms with E-state index in [4.69, 9.17) is 9.47 Å². The van der Waals surface area contributed by atoms with Crippen molar-refractivity contribution in [2.75, 3.05) is 14.2 Å². The van der Waals surface area contributed by atoms with Crippen LogP contribution in [0.25, 0.3) is 6.08 Å². The molecular weight excluding hydrogens is 321 g/mol. The molecule has 0 saturated heterocycles. The Labute approximate surface area is 137 Å². The summed E-state index contributed by atoms with van der Waals surface area (Å²) < 4.78 is 48.2. The molecule has 0 aliphatic rings. The van der Waals surface area contributed by atoms with E-state index in [1.807, 2.05) is 0 Å². The second kappa shape index (κ2) is 7.21. The van der Waals surface area contributed by atoms with E-state index in [1.165, 1.54) is 44.6 Å². The lowest BCUT2D eigenvalue weighted by Gasteiger charge is -2.08. The van der Waals surface area contributed by atoms with Gasteiger partial charge in [-0.15, -0.1) is 0 Å². The molecule has 3 nitrogen and oxygen atoms in total. The first-order valence-corrected chi connectivity index (χ1v) is 6.97. The Balaban J connectivity index is 2.22. The van der Waals surface area contributed by atoms with Crippen LogP contribution in [-0.4, -0.2) is 20.0 Å². The molecule has 0 radical (unpaired) electrons. The molecule has 0 fully saturated rings. The minimum absolute atomic E-state index is 0.290. The van der Waals surface area contributed by atoms with Gasteiger partial charge in [0.2, 0.25) is 0 Å². The van der Waals surface area contributed by atoms with E-state index in [0.717, 1.165) is 12.1 Å². The first-order chi connectivity index (χ1) is 11.3. The molecule has 0 unspecified atom stereocenters. The molecule has 0 heterocycles. The highest BCUT2D eigenvalue weighted by molar-refractivity contribution is 6.07. The lowest BCUT2D eigenvalue weighted by atomic mass is 10.1. The molecule has 0 bridgehead atoms. The number of methoxy groups -OCH3 is 2. The minimum atomic E-state index is -4.42. The Morgan fingerprint density at radius 1 is 1.00 bits per heavy atom. The van der Waals surface area contributed by atoms with Crippen LogP contribution < -0.4 is 9.47 Å². The number of alkyl halides is 3. The monoisotopic (exact) mass is 336 g/mol. The smallest absolute Gasteiger partial charge is 0.416 e. The number of rotatable bonds is 5. The van der Waals surface area contributed by atoms with E-state index >= 15 is 0 Å². The van der Waals surface area contributed by atoms with E-state index < -0.39 is 11.7 Å². The van der Waals surface area contributed by atoms with Gasteiger partial charge in [0.15, 0.2) is 17.3 Å². The number of hydrogen-bond donors (Lipinski definition) is 0. The minimum Gasteiger partial charge on any atom is -0.493 e. The summed E-state index contributed by atoms with van der Waals surface area (Å²) in [6.07, 6.45) is -1.86. The van der Waals surface area contributed by atoms with Crippen LogP contribution in [0.4, 0.5) is 13.2 Å². The van der Waals surface area contributed by atoms with Crippen LogP contribution in [0, 0.1) is 0 Å². The van der Waals surface area contributed by atoms with Gasteiger partial charge in [0.05, 0.1) is 19.8 Å². The summed E-state index contributed by atoms with van der Waals surface area (Å²) in [4.78, 5) is 12.2. The summed E-state index contributed by atoms with van der Waals surface area (Å²) in [5, 5.41) is 0. The van der Waals surface area contributed by atoms with Gasteiger partial charge < -0.3 is 9.47 Å². The number of benzene rings is 2. The van der Waals surface area contributed by atoms with Gasteiger partial charge in [0.1, 0.15) is 0 Å². The van der Waals surface area contributed by atoms with Crippen LogP contribution in [0.15, 0.2) is 48.5 Å². The van der Waals surface area contributed by atoms with Gasteiger partial charge >= 0.3 is 6.18 Å². The number of carbonyl (C=O) groups excluding carboxylic acids is 1. The van der Waals surface area contributed by atoms with Crippen molar-refractivity contribution < 1.29 is 27.4 Å². The standard InChI is InChI=1S/C18H15F3O3/c1-23-16-9-7-13(11-17(16)24-2)15(22)8-6-12-4-3-5-14(10-12)18(19,20)21/h3-11H,1-2H3. The van der Waals surface area contributed by atoms with Gasteiger partial charge in [-0.1, -0.05) is 18.2 Å². The molecule has 0 N–H and O–H groups in total. The zero-order valence-electron chi connectivity index (χ0n) is 13.1. The molecule has 2 rings (SSSR count). The topological polar surface area (TPSA) is 35.5 Å². The zero-order chi connectivity index (χ0) is 17.7. The first kappa shape index (κ1) is 17.6. The second-order valence-corrected chi connectivity index (χ2v) is 4.89. The lowest BCUT2D eigenvalue weighted by molar-refractivity contribution is -0.137. The fraction of sp³-hybridized carbons (Fsp3) is 0.167.